The zero-order chi connectivity index (χ0) is 21.0. The molecule has 2 heterocycles. The Morgan fingerprint density at radius 2 is 1.70 bits per heavy atom. The highest BCUT2D eigenvalue weighted by Crippen LogP contribution is 2.17. The van der Waals surface area contributed by atoms with Crippen molar-refractivity contribution in [1.82, 2.24) is 14.6 Å². The Morgan fingerprint density at radius 1 is 0.933 bits per heavy atom. The van der Waals surface area contributed by atoms with Crippen molar-refractivity contribution >= 4 is 26.6 Å². The van der Waals surface area contributed by atoms with Crippen molar-refractivity contribution in [3.05, 3.63) is 71.0 Å². The molecule has 4 rings (SSSR count). The summed E-state index contributed by atoms with van der Waals surface area (Å²) >= 11 is 0. The standard InChI is InChI=1S/C22H26N4O3S/c27-22-10-7-18-17-20(8-9-21(18)24-22)30(28,29)23-11-4-12-25-13-15-26(16-14-25)19-5-2-1-3-6-19/h1-3,5-10,17,23H,4,11-16H2,(H,24,27). The van der Waals surface area contributed by atoms with Gasteiger partial charge in [0, 0.05) is 50.0 Å². The van der Waals surface area contributed by atoms with Crippen molar-refractivity contribution in [2.75, 3.05) is 44.2 Å². The van der Waals surface area contributed by atoms with Gasteiger partial charge in [0.15, 0.2) is 0 Å². The van der Waals surface area contributed by atoms with Gasteiger partial charge in [-0.3, -0.25) is 9.69 Å². The quantitative estimate of drug-likeness (QED) is 0.565. The van der Waals surface area contributed by atoms with E-state index in [0.29, 0.717) is 17.4 Å². The molecular formula is C22H26N4O3S. The van der Waals surface area contributed by atoms with Crippen molar-refractivity contribution in [3.8, 4) is 0 Å². The Labute approximate surface area is 176 Å². The summed E-state index contributed by atoms with van der Waals surface area (Å²) in [5.74, 6) is 0. The maximum absolute atomic E-state index is 12.6. The van der Waals surface area contributed by atoms with E-state index in [2.05, 4.69) is 43.8 Å². The Balaban J connectivity index is 1.25. The number of benzene rings is 2. The highest BCUT2D eigenvalue weighted by molar-refractivity contribution is 7.89. The van der Waals surface area contributed by atoms with Gasteiger partial charge in [-0.1, -0.05) is 18.2 Å². The van der Waals surface area contributed by atoms with E-state index in [1.54, 1.807) is 18.2 Å². The molecule has 0 saturated carbocycles. The number of para-hydroxylation sites is 1. The summed E-state index contributed by atoms with van der Waals surface area (Å²) in [5, 5.41) is 0.689. The molecule has 0 amide bonds. The minimum atomic E-state index is -3.58. The summed E-state index contributed by atoms with van der Waals surface area (Å²) in [4.78, 5) is 19.0. The molecule has 2 aromatic carbocycles. The summed E-state index contributed by atoms with van der Waals surface area (Å²) in [6, 6.07) is 18.2. The third kappa shape index (κ3) is 4.89. The minimum absolute atomic E-state index is 0.207. The molecule has 1 aliphatic rings. The van der Waals surface area contributed by atoms with Gasteiger partial charge in [-0.2, -0.15) is 0 Å². The van der Waals surface area contributed by atoms with Crippen molar-refractivity contribution in [1.29, 1.82) is 0 Å². The van der Waals surface area contributed by atoms with Crippen LogP contribution in [0.1, 0.15) is 6.42 Å². The number of nitrogens with zero attached hydrogens (tertiary/aromatic N) is 2. The third-order valence-corrected chi connectivity index (χ3v) is 6.90. The zero-order valence-electron chi connectivity index (χ0n) is 16.8. The molecule has 0 aliphatic carbocycles. The first kappa shape index (κ1) is 20.6. The molecule has 30 heavy (non-hydrogen) atoms. The van der Waals surface area contributed by atoms with Gasteiger partial charge in [0.05, 0.1) is 4.90 Å². The molecule has 1 aliphatic heterocycles. The molecule has 8 heteroatoms. The van der Waals surface area contributed by atoms with Crippen molar-refractivity contribution in [2.45, 2.75) is 11.3 Å². The number of H-pyrrole nitrogens is 1. The van der Waals surface area contributed by atoms with E-state index >= 15 is 0 Å². The van der Waals surface area contributed by atoms with Crippen molar-refractivity contribution in [3.63, 3.8) is 0 Å². The van der Waals surface area contributed by atoms with Crippen LogP contribution < -0.4 is 15.2 Å². The largest absolute Gasteiger partial charge is 0.369 e. The van der Waals surface area contributed by atoms with Crippen LogP contribution in [0, 0.1) is 0 Å². The SMILES string of the molecule is O=c1ccc2cc(S(=O)(=O)NCCCN3CCN(c4ccccc4)CC3)ccc2[nH]1. The molecule has 7 nitrogen and oxygen atoms in total. The Kier molecular flexibility index (Phi) is 6.17. The second-order valence-electron chi connectivity index (χ2n) is 7.49. The third-order valence-electron chi connectivity index (χ3n) is 5.44. The zero-order valence-corrected chi connectivity index (χ0v) is 17.6. The molecular weight excluding hydrogens is 400 g/mol. The average Bonchev–Trinajstić information content (AvgIpc) is 2.77. The molecule has 1 saturated heterocycles. The van der Waals surface area contributed by atoms with Crippen molar-refractivity contribution < 1.29 is 8.42 Å². The Bertz CT molecular complexity index is 1150. The number of hydrogen-bond acceptors (Lipinski definition) is 5. The lowest BCUT2D eigenvalue weighted by Crippen LogP contribution is -2.47. The summed E-state index contributed by atoms with van der Waals surface area (Å²) in [7, 11) is -3.58. The lowest BCUT2D eigenvalue weighted by Gasteiger charge is -2.36. The minimum Gasteiger partial charge on any atom is -0.369 e. The maximum atomic E-state index is 12.6. The van der Waals surface area contributed by atoms with Crippen LogP contribution in [0.5, 0.6) is 0 Å². The van der Waals surface area contributed by atoms with Gasteiger partial charge >= 0.3 is 0 Å². The van der Waals surface area contributed by atoms with Crippen LogP contribution in [0.3, 0.4) is 0 Å². The number of piperazine rings is 1. The number of fused-ring (bicyclic) bond motifs is 1. The van der Waals surface area contributed by atoms with Crippen LogP contribution in [0.25, 0.3) is 10.9 Å². The van der Waals surface area contributed by atoms with Crippen LogP contribution in [-0.2, 0) is 10.0 Å². The highest BCUT2D eigenvalue weighted by atomic mass is 32.2. The molecule has 0 unspecified atom stereocenters. The normalized spacial score (nSPS) is 15.5. The second-order valence-corrected chi connectivity index (χ2v) is 9.25. The highest BCUT2D eigenvalue weighted by Gasteiger charge is 2.18. The lowest BCUT2D eigenvalue weighted by atomic mass is 10.2. The average molecular weight is 427 g/mol. The molecule has 158 valence electrons. The fraction of sp³-hybridized carbons (Fsp3) is 0.318. The molecule has 1 fully saturated rings. The van der Waals surface area contributed by atoms with Crippen LogP contribution in [-0.4, -0.2) is 57.6 Å². The first-order chi connectivity index (χ1) is 14.5. The van der Waals surface area contributed by atoms with E-state index in [1.807, 2.05) is 6.07 Å². The number of pyridine rings is 1. The number of nitrogens with one attached hydrogen (secondary N) is 2. The fourth-order valence-electron chi connectivity index (χ4n) is 3.76. The van der Waals surface area contributed by atoms with Gasteiger partial charge in [0.25, 0.3) is 0 Å². The van der Waals surface area contributed by atoms with Gasteiger partial charge in [-0.05, 0) is 54.8 Å². The molecule has 0 radical (unpaired) electrons. The predicted octanol–water partition coefficient (Wildman–Crippen LogP) is 2.02. The van der Waals surface area contributed by atoms with E-state index in [-0.39, 0.29) is 10.5 Å². The van der Waals surface area contributed by atoms with E-state index in [1.165, 1.54) is 17.8 Å². The van der Waals surface area contributed by atoms with Gasteiger partial charge in [0.1, 0.15) is 0 Å². The van der Waals surface area contributed by atoms with Gasteiger partial charge in [-0.15, -0.1) is 0 Å². The van der Waals surface area contributed by atoms with Crippen LogP contribution >= 0.6 is 0 Å². The van der Waals surface area contributed by atoms with E-state index in [9.17, 15) is 13.2 Å². The van der Waals surface area contributed by atoms with Crippen LogP contribution in [0.4, 0.5) is 5.69 Å². The molecule has 2 N–H and O–H groups in total. The van der Waals surface area contributed by atoms with Gasteiger partial charge < -0.3 is 9.88 Å². The van der Waals surface area contributed by atoms with Crippen molar-refractivity contribution in [2.24, 2.45) is 0 Å². The van der Waals surface area contributed by atoms with Gasteiger partial charge in [0.2, 0.25) is 15.6 Å². The molecule has 1 aromatic heterocycles. The number of rotatable bonds is 7. The molecule has 0 bridgehead atoms. The summed E-state index contributed by atoms with van der Waals surface area (Å²) < 4.78 is 27.9. The fourth-order valence-corrected chi connectivity index (χ4v) is 4.87. The first-order valence-corrected chi connectivity index (χ1v) is 11.6. The summed E-state index contributed by atoms with van der Waals surface area (Å²) in [6.07, 6.45) is 0.755. The Morgan fingerprint density at radius 3 is 2.47 bits per heavy atom. The molecule has 3 aromatic rings. The number of hydrogen-bond donors (Lipinski definition) is 2. The number of aromatic amines is 1. The smallest absolute Gasteiger partial charge is 0.248 e. The van der Waals surface area contributed by atoms with Crippen LogP contribution in [0.2, 0.25) is 0 Å². The second kappa shape index (κ2) is 8.99. The predicted molar refractivity (Wildman–Crippen MR) is 119 cm³/mol. The number of anilines is 1. The van der Waals surface area contributed by atoms with E-state index in [0.717, 1.165) is 39.1 Å². The maximum Gasteiger partial charge on any atom is 0.248 e. The topological polar surface area (TPSA) is 85.5 Å². The summed E-state index contributed by atoms with van der Waals surface area (Å²) in [5.41, 5.74) is 1.67. The monoisotopic (exact) mass is 426 g/mol. The van der Waals surface area contributed by atoms with Gasteiger partial charge in [-0.25, -0.2) is 13.1 Å². The summed E-state index contributed by atoms with van der Waals surface area (Å²) in [6.45, 7) is 5.17. The van der Waals surface area contributed by atoms with E-state index < -0.39 is 10.0 Å². The first-order valence-electron chi connectivity index (χ1n) is 10.2. The van der Waals surface area contributed by atoms with E-state index in [4.69, 9.17) is 0 Å². The van der Waals surface area contributed by atoms with Crippen LogP contribution in [0.15, 0.2) is 70.4 Å². The Hall–Kier alpha value is -2.68. The lowest BCUT2D eigenvalue weighted by molar-refractivity contribution is 0.255. The molecule has 0 spiro atoms. The number of sulfonamides is 1. The molecule has 0 atom stereocenters. The number of aromatic nitrogens is 1.